The van der Waals surface area contributed by atoms with Crippen molar-refractivity contribution in [3.63, 3.8) is 0 Å². The minimum Gasteiger partial charge on any atom is -0.456 e. The summed E-state index contributed by atoms with van der Waals surface area (Å²) in [7, 11) is 0. The van der Waals surface area contributed by atoms with Crippen molar-refractivity contribution in [2.45, 2.75) is 11.6 Å². The summed E-state index contributed by atoms with van der Waals surface area (Å²) in [6.45, 7) is 0. The Balaban J connectivity index is 0.791. The maximum absolute atomic E-state index is 6.77. The number of amidine groups is 2. The number of thiophene rings is 1. The summed E-state index contributed by atoms with van der Waals surface area (Å²) < 4.78 is 11.7. The van der Waals surface area contributed by atoms with Gasteiger partial charge in [0.25, 0.3) is 0 Å². The fraction of sp³-hybridized carbons (Fsp3) is 0.0286. The molecule has 3 aromatic heterocycles. The van der Waals surface area contributed by atoms with Crippen molar-refractivity contribution in [1.29, 1.82) is 0 Å². The van der Waals surface area contributed by atoms with Crippen LogP contribution in [0.1, 0.15) is 45.1 Å². The normalized spacial score (nSPS) is 15.2. The molecule has 11 aromatic carbocycles. The molecule has 2 N–H and O–H groups in total. The second-order valence-corrected chi connectivity index (χ2v) is 21.5. The van der Waals surface area contributed by atoms with E-state index in [2.05, 4.69) is 253 Å². The van der Waals surface area contributed by atoms with E-state index in [9.17, 15) is 0 Å². The highest BCUT2D eigenvalue weighted by atomic mass is 32.1. The smallest absolute Gasteiger partial charge is 0.235 e. The molecule has 0 saturated heterocycles. The van der Waals surface area contributed by atoms with Gasteiger partial charge in [0.2, 0.25) is 12.0 Å². The first-order chi connectivity index (χ1) is 37.7. The van der Waals surface area contributed by atoms with Crippen LogP contribution in [-0.2, 0) is 5.41 Å². The number of hydrogen-bond acceptors (Lipinski definition) is 4. The van der Waals surface area contributed by atoms with Crippen LogP contribution in [0.4, 0.5) is 0 Å². The van der Waals surface area contributed by atoms with Gasteiger partial charge in [-0.15, -0.1) is 11.3 Å². The standard InChI is InChI=1S/C70H42N4OS/c1-2-16-41(17-3-1)67-71-68(73-69(72-67)52-24-14-28-58-65(52)51-22-6-11-27-57(51)70(58)55-25-9-4-18-46(55)47-19-5-10-26-56(47)70)43-32-35-50-53-38-42(33-36-61(53)75-62(50)39-43)45-23-15-31-64-66(45)54-40-44(34-37-63(54)76-64)74-59-29-12-7-20-48(59)49-21-8-13-30-60(49)74/h1-40,69H,(H,71,72,73)/p+1. The average Bonchev–Trinajstić information content (AvgIpc) is 4.47. The number of fused-ring (bicyclic) bond motifs is 19. The Morgan fingerprint density at radius 2 is 1.08 bits per heavy atom. The first-order valence-corrected chi connectivity index (χ1v) is 26.9. The zero-order chi connectivity index (χ0) is 49.6. The van der Waals surface area contributed by atoms with E-state index in [-0.39, 0.29) is 6.17 Å². The van der Waals surface area contributed by atoms with Gasteiger partial charge in [-0.3, -0.25) is 5.32 Å². The predicted molar refractivity (Wildman–Crippen MR) is 313 cm³/mol. The van der Waals surface area contributed by atoms with Crippen LogP contribution < -0.4 is 5.32 Å². The van der Waals surface area contributed by atoms with Gasteiger partial charge in [-0.2, -0.15) is 4.99 Å². The van der Waals surface area contributed by atoms with Crippen molar-refractivity contribution in [3.8, 4) is 39.1 Å². The lowest BCUT2D eigenvalue weighted by atomic mass is 9.70. The molecule has 0 saturated carbocycles. The molecule has 14 aromatic rings. The third-order valence-corrected chi connectivity index (χ3v) is 17.7. The summed E-state index contributed by atoms with van der Waals surface area (Å²) >= 11 is 1.85. The molecule has 6 heteroatoms. The highest BCUT2D eigenvalue weighted by molar-refractivity contribution is 7.26. The average molecular weight is 988 g/mol. The minimum absolute atomic E-state index is 0.310. The minimum atomic E-state index is -0.444. The number of aliphatic imine (C=N–C) groups is 2. The quantitative estimate of drug-likeness (QED) is 0.184. The summed E-state index contributed by atoms with van der Waals surface area (Å²) in [5.74, 6) is 1.58. The number of nitrogens with zero attached hydrogens (tertiary/aromatic N) is 3. The van der Waals surface area contributed by atoms with Crippen molar-refractivity contribution in [3.05, 3.63) is 282 Å². The van der Waals surface area contributed by atoms with E-state index in [4.69, 9.17) is 14.4 Å². The van der Waals surface area contributed by atoms with E-state index in [0.29, 0.717) is 5.84 Å². The SMILES string of the molecule is c1ccc(C2=NC(c3ccc4c(c3)oc3ccc(-c5cccc6sc7ccc(-n8c9ccccc9c9ccccc98)cc7c56)cc34)=NC(c3cccc4c3-c3ccccc3C43c4ccccc4-c4ccccc43)[NH2+]2)cc1. The molecule has 5 nitrogen and oxygen atoms in total. The largest absolute Gasteiger partial charge is 0.456 e. The van der Waals surface area contributed by atoms with Crippen LogP contribution in [0.5, 0.6) is 0 Å². The fourth-order valence-corrected chi connectivity index (χ4v) is 14.6. The number of para-hydroxylation sites is 2. The molecule has 0 bridgehead atoms. The molecule has 1 unspecified atom stereocenters. The molecule has 1 atom stereocenters. The Bertz CT molecular complexity index is 4780. The molecule has 0 radical (unpaired) electrons. The Morgan fingerprint density at radius 1 is 0.434 bits per heavy atom. The second-order valence-electron chi connectivity index (χ2n) is 20.4. The third kappa shape index (κ3) is 5.77. The van der Waals surface area contributed by atoms with E-state index in [1.807, 2.05) is 11.3 Å². The zero-order valence-corrected chi connectivity index (χ0v) is 41.7. The Labute approximate surface area is 441 Å². The Kier molecular flexibility index (Phi) is 8.71. The van der Waals surface area contributed by atoms with Crippen molar-refractivity contribution < 1.29 is 9.73 Å². The molecule has 17 rings (SSSR count). The lowest BCUT2D eigenvalue weighted by Gasteiger charge is -2.30. The number of furan rings is 1. The summed E-state index contributed by atoms with van der Waals surface area (Å²) in [6, 6.07) is 88.7. The first-order valence-electron chi connectivity index (χ1n) is 26.1. The van der Waals surface area contributed by atoms with Crippen LogP contribution in [0.15, 0.2) is 257 Å². The van der Waals surface area contributed by atoms with Crippen LogP contribution in [0, 0.1) is 0 Å². The molecule has 2 aliphatic carbocycles. The number of aromatic nitrogens is 1. The highest BCUT2D eigenvalue weighted by Crippen LogP contribution is 2.63. The van der Waals surface area contributed by atoms with Gasteiger partial charge in [-0.25, -0.2) is 4.99 Å². The van der Waals surface area contributed by atoms with Crippen molar-refractivity contribution in [1.82, 2.24) is 4.57 Å². The summed E-state index contributed by atoms with van der Waals surface area (Å²) in [5.41, 5.74) is 20.7. The van der Waals surface area contributed by atoms with E-state index < -0.39 is 5.41 Å². The molecule has 0 amide bonds. The summed E-state index contributed by atoms with van der Waals surface area (Å²) in [4.78, 5) is 10.9. The van der Waals surface area contributed by atoms with Gasteiger partial charge in [0, 0.05) is 58.5 Å². The van der Waals surface area contributed by atoms with Crippen molar-refractivity contribution >= 4 is 86.9 Å². The number of rotatable bonds is 5. The van der Waals surface area contributed by atoms with Gasteiger partial charge in [0.05, 0.1) is 22.0 Å². The molecule has 76 heavy (non-hydrogen) atoms. The second kappa shape index (κ2) is 15.8. The maximum atomic E-state index is 6.77. The summed E-state index contributed by atoms with van der Waals surface area (Å²) in [6.07, 6.45) is -0.310. The van der Waals surface area contributed by atoms with Gasteiger partial charge < -0.3 is 8.98 Å². The molecule has 1 aliphatic heterocycles. The molecule has 4 heterocycles. The zero-order valence-electron chi connectivity index (χ0n) is 40.9. The first kappa shape index (κ1) is 42.0. The molecule has 1 spiro atoms. The van der Waals surface area contributed by atoms with Crippen LogP contribution in [0.2, 0.25) is 0 Å². The van der Waals surface area contributed by atoms with Gasteiger partial charge in [-0.1, -0.05) is 170 Å². The van der Waals surface area contributed by atoms with E-state index in [1.54, 1.807) is 0 Å². The van der Waals surface area contributed by atoms with Crippen LogP contribution in [-0.4, -0.2) is 16.2 Å². The van der Waals surface area contributed by atoms with Gasteiger partial charge >= 0.3 is 0 Å². The van der Waals surface area contributed by atoms with E-state index >= 15 is 0 Å². The molecular formula is C70H43N4OS+. The predicted octanol–water partition coefficient (Wildman–Crippen LogP) is 16.5. The third-order valence-electron chi connectivity index (χ3n) is 16.6. The number of nitrogens with two attached hydrogens (primary N) is 1. The van der Waals surface area contributed by atoms with Crippen LogP contribution in [0.25, 0.3) is 103 Å². The monoisotopic (exact) mass is 987 g/mol. The van der Waals surface area contributed by atoms with Crippen LogP contribution >= 0.6 is 11.3 Å². The summed E-state index contributed by atoms with van der Waals surface area (Å²) in [5, 5.41) is 9.44. The van der Waals surface area contributed by atoms with Crippen LogP contribution in [0.3, 0.4) is 0 Å². The van der Waals surface area contributed by atoms with Crippen molar-refractivity contribution in [2.75, 3.05) is 0 Å². The fourth-order valence-electron chi connectivity index (χ4n) is 13.5. The van der Waals surface area contributed by atoms with Crippen molar-refractivity contribution in [2.24, 2.45) is 9.98 Å². The topological polar surface area (TPSA) is 59.4 Å². The Hall–Kier alpha value is -9.46. The lowest BCUT2D eigenvalue weighted by Crippen LogP contribution is -2.90. The highest BCUT2D eigenvalue weighted by Gasteiger charge is 2.52. The molecule has 3 aliphatic rings. The number of benzene rings is 11. The number of hydrogen-bond donors (Lipinski definition) is 1. The van der Waals surface area contributed by atoms with E-state index in [0.717, 1.165) is 50.2 Å². The van der Waals surface area contributed by atoms with E-state index in [1.165, 1.54) is 97.6 Å². The lowest BCUT2D eigenvalue weighted by molar-refractivity contribution is -0.586. The van der Waals surface area contributed by atoms with Gasteiger partial charge in [0.1, 0.15) is 11.2 Å². The van der Waals surface area contributed by atoms with Gasteiger partial charge in [0.15, 0.2) is 5.84 Å². The maximum Gasteiger partial charge on any atom is 0.235 e. The molecular weight excluding hydrogens is 945 g/mol. The Morgan fingerprint density at radius 3 is 1.86 bits per heavy atom. The number of quaternary nitrogens is 1. The molecule has 0 fully saturated rings. The molecule has 354 valence electrons. The van der Waals surface area contributed by atoms with Gasteiger partial charge in [-0.05, 0) is 128 Å².